The molecule has 0 bridgehead atoms. The standard InChI is InChI=1S/C34H45N7O4/c1-4-24(2)32-34(44)36-28(21-26-11-6-5-7-12-26)33-35-25(3)38-41(33)18-17-40(16-10-15-30(42)37-32)31(43)23-39-19-20-45-29-14-9-8-13-27(29)22-39/h5-9,11-14,24,28,32H,4,10,15-23H2,1-3H3,(H,36,44)(H,37,42)/t24-,28-,32-/m0/s1. The predicted molar refractivity (Wildman–Crippen MR) is 170 cm³/mol. The Morgan fingerprint density at radius 3 is 2.60 bits per heavy atom. The molecule has 0 aliphatic carbocycles. The lowest BCUT2D eigenvalue weighted by atomic mass is 9.97. The molecule has 3 heterocycles. The van der Waals surface area contributed by atoms with Crippen LogP contribution in [-0.2, 0) is 33.9 Å². The summed E-state index contributed by atoms with van der Waals surface area (Å²) in [6, 6.07) is 16.7. The number of para-hydroxylation sites is 1. The summed E-state index contributed by atoms with van der Waals surface area (Å²) >= 11 is 0. The van der Waals surface area contributed by atoms with Gasteiger partial charge in [-0.1, -0.05) is 68.8 Å². The van der Waals surface area contributed by atoms with Crippen LogP contribution in [0, 0.1) is 12.8 Å². The number of hydrogen-bond donors (Lipinski definition) is 2. The molecule has 0 saturated carbocycles. The number of hydrogen-bond acceptors (Lipinski definition) is 7. The number of benzene rings is 2. The minimum Gasteiger partial charge on any atom is -0.492 e. The van der Waals surface area contributed by atoms with Crippen LogP contribution in [0.25, 0.3) is 0 Å². The van der Waals surface area contributed by atoms with E-state index < -0.39 is 12.1 Å². The van der Waals surface area contributed by atoms with Gasteiger partial charge in [0, 0.05) is 38.2 Å². The third-order valence-electron chi connectivity index (χ3n) is 8.69. The number of nitrogens with zero attached hydrogens (tertiary/aromatic N) is 5. The molecule has 2 aromatic carbocycles. The molecule has 240 valence electrons. The van der Waals surface area contributed by atoms with Crippen LogP contribution in [0.2, 0.25) is 0 Å². The predicted octanol–water partition coefficient (Wildman–Crippen LogP) is 3.03. The minimum absolute atomic E-state index is 0.00751. The lowest BCUT2D eigenvalue weighted by Crippen LogP contribution is -2.51. The lowest BCUT2D eigenvalue weighted by molar-refractivity contribution is -0.133. The van der Waals surface area contributed by atoms with E-state index >= 15 is 0 Å². The van der Waals surface area contributed by atoms with Gasteiger partial charge in [0.15, 0.2) is 0 Å². The molecular weight excluding hydrogens is 570 g/mol. The molecule has 0 radical (unpaired) electrons. The normalized spacial score (nSPS) is 20.8. The van der Waals surface area contributed by atoms with E-state index in [2.05, 4.69) is 20.6 Å². The van der Waals surface area contributed by atoms with Gasteiger partial charge in [-0.2, -0.15) is 5.10 Å². The van der Waals surface area contributed by atoms with Gasteiger partial charge in [-0.3, -0.25) is 19.3 Å². The van der Waals surface area contributed by atoms with Crippen molar-refractivity contribution in [2.75, 3.05) is 32.8 Å². The van der Waals surface area contributed by atoms with E-state index in [1.807, 2.05) is 85.0 Å². The number of ether oxygens (including phenoxy) is 1. The quantitative estimate of drug-likeness (QED) is 0.437. The van der Waals surface area contributed by atoms with Crippen molar-refractivity contribution in [3.8, 4) is 5.75 Å². The zero-order valence-corrected chi connectivity index (χ0v) is 26.6. The first-order valence-electron chi connectivity index (χ1n) is 16.1. The van der Waals surface area contributed by atoms with Crippen molar-refractivity contribution in [2.45, 2.75) is 71.6 Å². The molecule has 5 rings (SSSR count). The number of rotatable bonds is 6. The fourth-order valence-corrected chi connectivity index (χ4v) is 5.97. The highest BCUT2D eigenvalue weighted by molar-refractivity contribution is 5.88. The smallest absolute Gasteiger partial charge is 0.243 e. The molecule has 3 atom stereocenters. The van der Waals surface area contributed by atoms with E-state index in [9.17, 15) is 14.4 Å². The number of aromatic nitrogens is 3. The number of amides is 3. The van der Waals surface area contributed by atoms with Gasteiger partial charge in [-0.25, -0.2) is 9.67 Å². The van der Waals surface area contributed by atoms with Crippen molar-refractivity contribution in [2.24, 2.45) is 5.92 Å². The Kier molecular flexibility index (Phi) is 10.8. The molecule has 2 aliphatic heterocycles. The molecule has 45 heavy (non-hydrogen) atoms. The summed E-state index contributed by atoms with van der Waals surface area (Å²) in [4.78, 5) is 49.3. The molecule has 1 aromatic heterocycles. The van der Waals surface area contributed by atoms with E-state index in [1.165, 1.54) is 0 Å². The highest BCUT2D eigenvalue weighted by Crippen LogP contribution is 2.23. The van der Waals surface area contributed by atoms with Crippen molar-refractivity contribution >= 4 is 17.7 Å². The zero-order valence-electron chi connectivity index (χ0n) is 26.6. The lowest BCUT2D eigenvalue weighted by Gasteiger charge is -2.29. The summed E-state index contributed by atoms with van der Waals surface area (Å²) in [5.74, 6) is 1.58. The number of fused-ring (bicyclic) bond motifs is 2. The molecular formula is C34H45N7O4. The maximum Gasteiger partial charge on any atom is 0.243 e. The molecule has 0 unspecified atom stereocenters. The van der Waals surface area contributed by atoms with Gasteiger partial charge in [-0.15, -0.1) is 0 Å². The zero-order chi connectivity index (χ0) is 31.8. The average Bonchev–Trinajstić information content (AvgIpc) is 3.28. The fraction of sp³-hybridized carbons (Fsp3) is 0.500. The summed E-state index contributed by atoms with van der Waals surface area (Å²) in [7, 11) is 0. The third-order valence-corrected chi connectivity index (χ3v) is 8.69. The Balaban J connectivity index is 1.40. The summed E-state index contributed by atoms with van der Waals surface area (Å²) < 4.78 is 7.73. The van der Waals surface area contributed by atoms with Crippen LogP contribution in [0.3, 0.4) is 0 Å². The molecule has 2 N–H and O–H groups in total. The maximum absolute atomic E-state index is 13.8. The third kappa shape index (κ3) is 8.48. The number of carbonyl (C=O) groups is 3. The van der Waals surface area contributed by atoms with Crippen LogP contribution in [0.5, 0.6) is 5.75 Å². The van der Waals surface area contributed by atoms with E-state index in [0.29, 0.717) is 63.8 Å². The van der Waals surface area contributed by atoms with Gasteiger partial charge < -0.3 is 20.3 Å². The summed E-state index contributed by atoms with van der Waals surface area (Å²) in [5.41, 5.74) is 2.10. The molecule has 2 aliphatic rings. The first kappa shape index (κ1) is 32.2. The van der Waals surface area contributed by atoms with Gasteiger partial charge in [-0.05, 0) is 37.3 Å². The Labute approximate surface area is 265 Å². The second-order valence-electron chi connectivity index (χ2n) is 12.1. The van der Waals surface area contributed by atoms with Crippen LogP contribution >= 0.6 is 0 Å². The van der Waals surface area contributed by atoms with E-state index in [4.69, 9.17) is 9.72 Å². The molecule has 3 amide bonds. The van der Waals surface area contributed by atoms with Crippen molar-refractivity contribution < 1.29 is 19.1 Å². The molecule has 11 heteroatoms. The second-order valence-corrected chi connectivity index (χ2v) is 12.1. The van der Waals surface area contributed by atoms with Crippen LogP contribution in [0.1, 0.15) is 61.9 Å². The van der Waals surface area contributed by atoms with Gasteiger partial charge in [0.25, 0.3) is 0 Å². The Hall–Kier alpha value is -4.25. The molecule has 0 fully saturated rings. The van der Waals surface area contributed by atoms with E-state index in [1.54, 1.807) is 0 Å². The average molecular weight is 616 g/mol. The monoisotopic (exact) mass is 615 g/mol. The first-order chi connectivity index (χ1) is 21.8. The summed E-state index contributed by atoms with van der Waals surface area (Å²) in [6.45, 7) is 9.07. The van der Waals surface area contributed by atoms with Gasteiger partial charge in [0.2, 0.25) is 17.7 Å². The van der Waals surface area contributed by atoms with Crippen molar-refractivity contribution in [1.82, 2.24) is 35.2 Å². The highest BCUT2D eigenvalue weighted by Gasteiger charge is 2.31. The van der Waals surface area contributed by atoms with Crippen molar-refractivity contribution in [1.29, 1.82) is 0 Å². The van der Waals surface area contributed by atoms with E-state index in [-0.39, 0.29) is 36.6 Å². The molecule has 11 nitrogen and oxygen atoms in total. The van der Waals surface area contributed by atoms with Crippen LogP contribution < -0.4 is 15.4 Å². The Bertz CT molecular complexity index is 1460. The SMILES string of the molecule is CC[C@H](C)[C@@H]1NC(=O)CCCN(C(=O)CN2CCOc3ccccc3C2)CCn2nc(C)nc2[C@H](Cc2ccccc2)NC1=O. The van der Waals surface area contributed by atoms with Gasteiger partial charge in [0.1, 0.15) is 30.0 Å². The maximum atomic E-state index is 13.8. The first-order valence-corrected chi connectivity index (χ1v) is 16.1. The van der Waals surface area contributed by atoms with Crippen molar-refractivity contribution in [3.63, 3.8) is 0 Å². The molecule has 0 spiro atoms. The van der Waals surface area contributed by atoms with Crippen molar-refractivity contribution in [3.05, 3.63) is 77.4 Å². The summed E-state index contributed by atoms with van der Waals surface area (Å²) in [6.07, 6.45) is 1.94. The second kappa shape index (κ2) is 15.2. The molecule has 0 saturated heterocycles. The van der Waals surface area contributed by atoms with Gasteiger partial charge in [0.05, 0.1) is 19.1 Å². The number of aryl methyl sites for hydroxylation is 1. The number of carbonyl (C=O) groups excluding carboxylic acids is 3. The topological polar surface area (TPSA) is 122 Å². The Morgan fingerprint density at radius 1 is 1.02 bits per heavy atom. The van der Waals surface area contributed by atoms with Crippen LogP contribution in [-0.4, -0.2) is 81.1 Å². The van der Waals surface area contributed by atoms with Crippen LogP contribution in [0.4, 0.5) is 0 Å². The minimum atomic E-state index is -0.688. The Morgan fingerprint density at radius 2 is 1.80 bits per heavy atom. The summed E-state index contributed by atoms with van der Waals surface area (Å²) in [5, 5.41) is 10.9. The fourth-order valence-electron chi connectivity index (χ4n) is 5.97. The largest absolute Gasteiger partial charge is 0.492 e. The molecule has 3 aromatic rings. The van der Waals surface area contributed by atoms with Crippen LogP contribution in [0.15, 0.2) is 54.6 Å². The number of nitrogens with one attached hydrogen (secondary N) is 2. The van der Waals surface area contributed by atoms with Gasteiger partial charge >= 0.3 is 0 Å². The highest BCUT2D eigenvalue weighted by atomic mass is 16.5. The van der Waals surface area contributed by atoms with E-state index in [0.717, 1.165) is 23.3 Å².